The van der Waals surface area contributed by atoms with Gasteiger partial charge in [0.05, 0.1) is 17.7 Å². The van der Waals surface area contributed by atoms with E-state index in [0.717, 1.165) is 6.42 Å². The number of rotatable bonds is 8. The van der Waals surface area contributed by atoms with Gasteiger partial charge in [0.1, 0.15) is 5.75 Å². The van der Waals surface area contributed by atoms with Gasteiger partial charge in [-0.1, -0.05) is 24.6 Å². The first kappa shape index (κ1) is 19.5. The van der Waals surface area contributed by atoms with Crippen molar-refractivity contribution in [2.45, 2.75) is 13.3 Å². The number of aldehydes is 1. The summed E-state index contributed by atoms with van der Waals surface area (Å²) < 4.78 is 10.4. The summed E-state index contributed by atoms with van der Waals surface area (Å²) in [6.45, 7) is 1.94. The Hall–Kier alpha value is -2.86. The smallest absolute Gasteiger partial charge is 0.338 e. The van der Waals surface area contributed by atoms with E-state index >= 15 is 0 Å². The first-order chi connectivity index (χ1) is 12.5. The van der Waals surface area contributed by atoms with Crippen LogP contribution in [0, 0.1) is 0 Å². The molecule has 0 aliphatic carbocycles. The van der Waals surface area contributed by atoms with Crippen LogP contribution in [0.25, 0.3) is 0 Å². The molecule has 0 fully saturated rings. The van der Waals surface area contributed by atoms with E-state index in [4.69, 9.17) is 21.1 Å². The summed E-state index contributed by atoms with van der Waals surface area (Å²) in [4.78, 5) is 34.9. The van der Waals surface area contributed by atoms with Crippen LogP contribution >= 0.6 is 11.6 Å². The number of hydrogen-bond donors (Lipinski definition) is 1. The zero-order chi connectivity index (χ0) is 18.9. The standard InChI is InChI=1S/C19H18ClNO5/c1-2-8-25-19(24)13-4-3-5-16(10-13)21-18(23)12-26-17-7-6-15(20)9-14(17)11-22/h3-7,9-11H,2,8,12H2,1H3,(H,21,23). The third-order valence-corrected chi connectivity index (χ3v) is 3.51. The van der Waals surface area contributed by atoms with E-state index in [1.165, 1.54) is 18.2 Å². The highest BCUT2D eigenvalue weighted by Gasteiger charge is 2.10. The second-order valence-electron chi connectivity index (χ2n) is 5.35. The Bertz CT molecular complexity index is 806. The molecule has 0 saturated heterocycles. The van der Waals surface area contributed by atoms with E-state index in [0.29, 0.717) is 29.2 Å². The van der Waals surface area contributed by atoms with Gasteiger partial charge in [-0.05, 0) is 42.8 Å². The van der Waals surface area contributed by atoms with E-state index in [-0.39, 0.29) is 17.9 Å². The highest BCUT2D eigenvalue weighted by Crippen LogP contribution is 2.21. The van der Waals surface area contributed by atoms with Crippen LogP contribution in [0.5, 0.6) is 5.75 Å². The predicted molar refractivity (Wildman–Crippen MR) is 98.0 cm³/mol. The SMILES string of the molecule is CCCOC(=O)c1cccc(NC(=O)COc2ccc(Cl)cc2C=O)c1. The van der Waals surface area contributed by atoms with E-state index in [9.17, 15) is 14.4 Å². The maximum Gasteiger partial charge on any atom is 0.338 e. The first-order valence-electron chi connectivity index (χ1n) is 7.98. The summed E-state index contributed by atoms with van der Waals surface area (Å²) in [6.07, 6.45) is 1.33. The molecule has 0 saturated carbocycles. The highest BCUT2D eigenvalue weighted by molar-refractivity contribution is 6.30. The molecule has 0 aliphatic heterocycles. The van der Waals surface area contributed by atoms with Gasteiger partial charge in [-0.3, -0.25) is 9.59 Å². The van der Waals surface area contributed by atoms with Crippen molar-refractivity contribution in [3.05, 3.63) is 58.6 Å². The lowest BCUT2D eigenvalue weighted by molar-refractivity contribution is -0.118. The predicted octanol–water partition coefficient (Wildman–Crippen LogP) is 3.74. The molecule has 26 heavy (non-hydrogen) atoms. The minimum atomic E-state index is -0.448. The lowest BCUT2D eigenvalue weighted by atomic mass is 10.2. The average Bonchev–Trinajstić information content (AvgIpc) is 2.65. The lowest BCUT2D eigenvalue weighted by Crippen LogP contribution is -2.20. The molecular formula is C19H18ClNO5. The van der Waals surface area contributed by atoms with E-state index in [1.54, 1.807) is 24.3 Å². The topological polar surface area (TPSA) is 81.7 Å². The molecule has 7 heteroatoms. The molecule has 0 aliphatic rings. The Kier molecular flexibility index (Phi) is 7.17. The van der Waals surface area contributed by atoms with Gasteiger partial charge in [0.25, 0.3) is 5.91 Å². The van der Waals surface area contributed by atoms with Crippen LogP contribution in [0.4, 0.5) is 5.69 Å². The van der Waals surface area contributed by atoms with Gasteiger partial charge in [-0.15, -0.1) is 0 Å². The fraction of sp³-hybridized carbons (Fsp3) is 0.211. The molecule has 6 nitrogen and oxygen atoms in total. The van der Waals surface area contributed by atoms with Crippen molar-refractivity contribution < 1.29 is 23.9 Å². The van der Waals surface area contributed by atoms with Gasteiger partial charge in [0.2, 0.25) is 0 Å². The zero-order valence-corrected chi connectivity index (χ0v) is 14.9. The van der Waals surface area contributed by atoms with Gasteiger partial charge in [0.15, 0.2) is 12.9 Å². The molecule has 0 atom stereocenters. The maximum atomic E-state index is 12.0. The molecule has 2 rings (SSSR count). The summed E-state index contributed by atoms with van der Waals surface area (Å²) in [5.74, 6) is -0.622. The summed E-state index contributed by atoms with van der Waals surface area (Å²) >= 11 is 5.81. The van der Waals surface area contributed by atoms with Crippen molar-refractivity contribution in [3.63, 3.8) is 0 Å². The minimum Gasteiger partial charge on any atom is -0.483 e. The number of nitrogens with one attached hydrogen (secondary N) is 1. The Balaban J connectivity index is 1.96. The van der Waals surface area contributed by atoms with Crippen LogP contribution in [0.2, 0.25) is 5.02 Å². The number of carbonyl (C=O) groups is 3. The van der Waals surface area contributed by atoms with Crippen molar-refractivity contribution >= 4 is 35.5 Å². The fourth-order valence-electron chi connectivity index (χ4n) is 2.09. The number of benzene rings is 2. The lowest BCUT2D eigenvalue weighted by Gasteiger charge is -2.10. The number of amides is 1. The molecule has 0 heterocycles. The molecule has 1 amide bonds. The average molecular weight is 376 g/mol. The van der Waals surface area contributed by atoms with Gasteiger partial charge in [-0.2, -0.15) is 0 Å². The van der Waals surface area contributed by atoms with Gasteiger partial charge in [-0.25, -0.2) is 4.79 Å². The molecule has 0 unspecified atom stereocenters. The number of hydrogen-bond acceptors (Lipinski definition) is 5. The molecule has 2 aromatic rings. The van der Waals surface area contributed by atoms with Crippen molar-refractivity contribution in [2.75, 3.05) is 18.5 Å². The summed E-state index contributed by atoms with van der Waals surface area (Å²) in [6, 6.07) is 10.9. The molecule has 0 radical (unpaired) electrons. The third kappa shape index (κ3) is 5.60. The highest BCUT2D eigenvalue weighted by atomic mass is 35.5. The number of anilines is 1. The van der Waals surface area contributed by atoms with Gasteiger partial charge >= 0.3 is 5.97 Å². The molecule has 0 spiro atoms. The van der Waals surface area contributed by atoms with Crippen molar-refractivity contribution in [1.29, 1.82) is 0 Å². The fourth-order valence-corrected chi connectivity index (χ4v) is 2.27. The second kappa shape index (κ2) is 9.58. The van der Waals surface area contributed by atoms with Crippen LogP contribution in [-0.2, 0) is 9.53 Å². The van der Waals surface area contributed by atoms with Crippen LogP contribution in [0.3, 0.4) is 0 Å². The molecule has 136 valence electrons. The normalized spacial score (nSPS) is 10.1. The van der Waals surface area contributed by atoms with E-state index < -0.39 is 11.9 Å². The minimum absolute atomic E-state index is 0.256. The molecule has 0 bridgehead atoms. The zero-order valence-electron chi connectivity index (χ0n) is 14.2. The van der Waals surface area contributed by atoms with Crippen molar-refractivity contribution in [2.24, 2.45) is 0 Å². The monoisotopic (exact) mass is 375 g/mol. The van der Waals surface area contributed by atoms with Crippen LogP contribution in [0.1, 0.15) is 34.1 Å². The van der Waals surface area contributed by atoms with Crippen molar-refractivity contribution in [3.8, 4) is 5.75 Å². The quantitative estimate of drug-likeness (QED) is 0.561. The number of ether oxygens (including phenoxy) is 2. The second-order valence-corrected chi connectivity index (χ2v) is 5.79. The van der Waals surface area contributed by atoms with Crippen molar-refractivity contribution in [1.82, 2.24) is 0 Å². The number of carbonyl (C=O) groups excluding carboxylic acids is 3. The largest absolute Gasteiger partial charge is 0.483 e. The molecular weight excluding hydrogens is 358 g/mol. The van der Waals surface area contributed by atoms with E-state index in [1.807, 2.05) is 6.92 Å². The summed E-state index contributed by atoms with van der Waals surface area (Å²) in [5.41, 5.74) is 1.04. The van der Waals surface area contributed by atoms with E-state index in [2.05, 4.69) is 5.32 Å². The van der Waals surface area contributed by atoms with Crippen LogP contribution in [-0.4, -0.2) is 31.4 Å². The molecule has 1 N–H and O–H groups in total. The van der Waals surface area contributed by atoms with Gasteiger partial charge in [0, 0.05) is 10.7 Å². The molecule has 2 aromatic carbocycles. The Morgan fingerprint density at radius 1 is 1.19 bits per heavy atom. The summed E-state index contributed by atoms with van der Waals surface area (Å²) in [7, 11) is 0. The van der Waals surface area contributed by atoms with Crippen LogP contribution in [0.15, 0.2) is 42.5 Å². The third-order valence-electron chi connectivity index (χ3n) is 3.28. The van der Waals surface area contributed by atoms with Gasteiger partial charge < -0.3 is 14.8 Å². The number of esters is 1. The maximum absolute atomic E-state index is 12.0. The molecule has 0 aromatic heterocycles. The Labute approximate surface area is 156 Å². The van der Waals surface area contributed by atoms with Crippen LogP contribution < -0.4 is 10.1 Å². The number of halogens is 1. The Morgan fingerprint density at radius 2 is 2.00 bits per heavy atom. The summed E-state index contributed by atoms with van der Waals surface area (Å²) in [5, 5.41) is 3.03. The Morgan fingerprint density at radius 3 is 2.73 bits per heavy atom. The first-order valence-corrected chi connectivity index (χ1v) is 8.36.